The van der Waals surface area contributed by atoms with Gasteiger partial charge in [-0.2, -0.15) is 5.10 Å². The molecule has 1 heterocycles. The van der Waals surface area contributed by atoms with Crippen molar-refractivity contribution in [3.8, 4) is 0 Å². The summed E-state index contributed by atoms with van der Waals surface area (Å²) in [7, 11) is 0. The van der Waals surface area contributed by atoms with Crippen molar-refractivity contribution in [2.45, 2.75) is 39.7 Å². The van der Waals surface area contributed by atoms with Crippen molar-refractivity contribution in [1.82, 2.24) is 10.7 Å². The van der Waals surface area contributed by atoms with Crippen LogP contribution in [-0.2, 0) is 14.3 Å². The molecular formula is C12H21N3O3. The number of nitrogens with one attached hydrogen (secondary N) is 2. The molecule has 0 fully saturated rings. The Hall–Kier alpha value is -1.43. The number of rotatable bonds is 6. The molecule has 1 unspecified atom stereocenters. The van der Waals surface area contributed by atoms with Gasteiger partial charge in [0.05, 0.1) is 12.6 Å². The Morgan fingerprint density at radius 1 is 1.50 bits per heavy atom. The van der Waals surface area contributed by atoms with Crippen LogP contribution in [0, 0.1) is 5.92 Å². The van der Waals surface area contributed by atoms with Gasteiger partial charge in [-0.05, 0) is 12.8 Å². The van der Waals surface area contributed by atoms with Crippen LogP contribution in [0.25, 0.3) is 0 Å². The molecule has 0 bridgehead atoms. The van der Waals surface area contributed by atoms with E-state index < -0.39 is 0 Å². The molecule has 18 heavy (non-hydrogen) atoms. The molecule has 0 aromatic heterocycles. The summed E-state index contributed by atoms with van der Waals surface area (Å²) < 4.78 is 5.34. The first-order valence-corrected chi connectivity index (χ1v) is 6.28. The Kier molecular flexibility index (Phi) is 5.77. The lowest BCUT2D eigenvalue weighted by molar-refractivity contribution is -0.121. The number of carbonyl (C=O) groups is 2. The Morgan fingerprint density at radius 3 is 2.72 bits per heavy atom. The second-order valence-corrected chi connectivity index (χ2v) is 4.58. The predicted octanol–water partition coefficient (Wildman–Crippen LogP) is 0.430. The third-order valence-corrected chi connectivity index (χ3v) is 2.79. The smallest absolute Gasteiger partial charge is 0.267 e. The van der Waals surface area contributed by atoms with E-state index in [9.17, 15) is 9.59 Å². The van der Waals surface area contributed by atoms with Crippen molar-refractivity contribution in [2.24, 2.45) is 11.0 Å². The van der Waals surface area contributed by atoms with Gasteiger partial charge >= 0.3 is 0 Å². The Bertz CT molecular complexity index is 339. The van der Waals surface area contributed by atoms with E-state index in [-0.39, 0.29) is 23.8 Å². The summed E-state index contributed by atoms with van der Waals surface area (Å²) in [4.78, 5) is 22.9. The SMILES string of the molecule is CCOCC(NC(=O)C1=NNC(=O)CC1)C(C)C. The van der Waals surface area contributed by atoms with Gasteiger partial charge in [0.15, 0.2) is 0 Å². The zero-order chi connectivity index (χ0) is 13.5. The highest BCUT2D eigenvalue weighted by Gasteiger charge is 2.22. The van der Waals surface area contributed by atoms with Crippen molar-refractivity contribution >= 4 is 17.5 Å². The van der Waals surface area contributed by atoms with Crippen molar-refractivity contribution in [1.29, 1.82) is 0 Å². The third-order valence-electron chi connectivity index (χ3n) is 2.79. The van der Waals surface area contributed by atoms with Crippen LogP contribution in [0.2, 0.25) is 0 Å². The Labute approximate surface area is 107 Å². The minimum Gasteiger partial charge on any atom is -0.380 e. The van der Waals surface area contributed by atoms with Crippen LogP contribution in [0.3, 0.4) is 0 Å². The lowest BCUT2D eigenvalue weighted by Crippen LogP contribution is -2.46. The molecule has 0 radical (unpaired) electrons. The molecule has 1 aliphatic heterocycles. The Morgan fingerprint density at radius 2 is 2.22 bits per heavy atom. The molecule has 0 spiro atoms. The van der Waals surface area contributed by atoms with Gasteiger partial charge in [-0.1, -0.05) is 13.8 Å². The maximum Gasteiger partial charge on any atom is 0.267 e. The maximum atomic E-state index is 11.9. The van der Waals surface area contributed by atoms with E-state index in [2.05, 4.69) is 15.8 Å². The van der Waals surface area contributed by atoms with Gasteiger partial charge in [-0.15, -0.1) is 0 Å². The van der Waals surface area contributed by atoms with Crippen LogP contribution in [0.15, 0.2) is 5.10 Å². The summed E-state index contributed by atoms with van der Waals surface area (Å²) in [5.74, 6) is -0.103. The van der Waals surface area contributed by atoms with E-state index in [1.165, 1.54) is 0 Å². The van der Waals surface area contributed by atoms with Gasteiger partial charge in [-0.3, -0.25) is 9.59 Å². The zero-order valence-corrected chi connectivity index (χ0v) is 11.2. The van der Waals surface area contributed by atoms with Gasteiger partial charge in [0.25, 0.3) is 5.91 Å². The number of carbonyl (C=O) groups excluding carboxylic acids is 2. The van der Waals surface area contributed by atoms with E-state index in [0.717, 1.165) is 0 Å². The zero-order valence-electron chi connectivity index (χ0n) is 11.2. The van der Waals surface area contributed by atoms with E-state index in [1.54, 1.807) is 0 Å². The lowest BCUT2D eigenvalue weighted by atomic mass is 10.0. The molecule has 102 valence electrons. The molecule has 0 aromatic carbocycles. The van der Waals surface area contributed by atoms with Crippen LogP contribution < -0.4 is 10.7 Å². The fourth-order valence-corrected chi connectivity index (χ4v) is 1.54. The van der Waals surface area contributed by atoms with E-state index >= 15 is 0 Å². The van der Waals surface area contributed by atoms with Gasteiger partial charge in [0.2, 0.25) is 5.91 Å². The average molecular weight is 255 g/mol. The molecule has 6 heteroatoms. The molecular weight excluding hydrogens is 234 g/mol. The van der Waals surface area contributed by atoms with Crippen molar-refractivity contribution < 1.29 is 14.3 Å². The van der Waals surface area contributed by atoms with Crippen LogP contribution in [-0.4, -0.2) is 36.8 Å². The molecule has 1 aliphatic rings. The second kappa shape index (κ2) is 7.10. The van der Waals surface area contributed by atoms with Gasteiger partial charge in [-0.25, -0.2) is 5.43 Å². The molecule has 0 saturated carbocycles. The number of hydrogen-bond donors (Lipinski definition) is 2. The Balaban J connectivity index is 2.53. The molecule has 1 rings (SSSR count). The van der Waals surface area contributed by atoms with Crippen LogP contribution in [0.1, 0.15) is 33.6 Å². The van der Waals surface area contributed by atoms with Crippen molar-refractivity contribution in [3.63, 3.8) is 0 Å². The molecule has 6 nitrogen and oxygen atoms in total. The highest BCUT2D eigenvalue weighted by molar-refractivity contribution is 6.39. The molecule has 0 aliphatic carbocycles. The molecule has 2 N–H and O–H groups in total. The molecule has 1 atom stereocenters. The first kappa shape index (κ1) is 14.6. The van der Waals surface area contributed by atoms with Gasteiger partial charge in [0.1, 0.15) is 5.71 Å². The topological polar surface area (TPSA) is 79.8 Å². The first-order valence-electron chi connectivity index (χ1n) is 6.28. The summed E-state index contributed by atoms with van der Waals surface area (Å²) in [5.41, 5.74) is 2.69. The quantitative estimate of drug-likeness (QED) is 0.722. The van der Waals surface area contributed by atoms with Gasteiger partial charge in [0, 0.05) is 19.4 Å². The van der Waals surface area contributed by atoms with E-state index in [1.807, 2.05) is 20.8 Å². The van der Waals surface area contributed by atoms with Crippen LogP contribution in [0.4, 0.5) is 0 Å². The fourth-order valence-electron chi connectivity index (χ4n) is 1.54. The van der Waals surface area contributed by atoms with Crippen molar-refractivity contribution in [3.05, 3.63) is 0 Å². The number of hydrazone groups is 1. The third kappa shape index (κ3) is 4.44. The maximum absolute atomic E-state index is 11.9. The largest absolute Gasteiger partial charge is 0.380 e. The first-order chi connectivity index (χ1) is 8.54. The summed E-state index contributed by atoms with van der Waals surface area (Å²) in [6.07, 6.45) is 0.696. The van der Waals surface area contributed by atoms with Crippen molar-refractivity contribution in [2.75, 3.05) is 13.2 Å². The second-order valence-electron chi connectivity index (χ2n) is 4.58. The van der Waals surface area contributed by atoms with E-state index in [0.29, 0.717) is 31.8 Å². The van der Waals surface area contributed by atoms with Gasteiger partial charge < -0.3 is 10.1 Å². The summed E-state index contributed by atoms with van der Waals surface area (Å²) >= 11 is 0. The predicted molar refractivity (Wildman–Crippen MR) is 68.1 cm³/mol. The highest BCUT2D eigenvalue weighted by atomic mass is 16.5. The summed E-state index contributed by atoms with van der Waals surface area (Å²) in [6, 6.07) is -0.0437. The van der Waals surface area contributed by atoms with E-state index in [4.69, 9.17) is 4.74 Å². The lowest BCUT2D eigenvalue weighted by Gasteiger charge is -2.23. The standard InChI is InChI=1S/C12H21N3O3/c1-4-18-7-10(8(2)3)13-12(17)9-5-6-11(16)15-14-9/h8,10H,4-7H2,1-3H3,(H,13,17)(H,15,16). The van der Waals surface area contributed by atoms with Crippen LogP contribution >= 0.6 is 0 Å². The molecule has 0 aromatic rings. The summed E-state index contributed by atoms with van der Waals surface area (Å²) in [6.45, 7) is 7.07. The number of hydrogen-bond acceptors (Lipinski definition) is 4. The molecule has 0 saturated heterocycles. The minimum atomic E-state index is -0.228. The highest BCUT2D eigenvalue weighted by Crippen LogP contribution is 2.05. The molecule has 2 amide bonds. The summed E-state index contributed by atoms with van der Waals surface area (Å²) in [5, 5.41) is 6.66. The average Bonchev–Trinajstić information content (AvgIpc) is 2.34. The van der Waals surface area contributed by atoms with Crippen LogP contribution in [0.5, 0.6) is 0 Å². The number of nitrogens with zero attached hydrogens (tertiary/aromatic N) is 1. The number of amides is 2. The fraction of sp³-hybridized carbons (Fsp3) is 0.750. The number of ether oxygens (including phenoxy) is 1. The monoisotopic (exact) mass is 255 g/mol. The minimum absolute atomic E-state index is 0.0437. The normalized spacial score (nSPS) is 17.1.